The number of H-pyrrole nitrogens is 1. The second kappa shape index (κ2) is 8.48. The third-order valence-corrected chi connectivity index (χ3v) is 5.55. The molecular formula is C26H18ClN3O3. The first kappa shape index (κ1) is 20.8. The van der Waals surface area contributed by atoms with E-state index in [4.69, 9.17) is 21.3 Å². The molecule has 0 spiro atoms. The van der Waals surface area contributed by atoms with Gasteiger partial charge in [0.15, 0.2) is 0 Å². The van der Waals surface area contributed by atoms with Gasteiger partial charge in [-0.3, -0.25) is 4.79 Å². The molecule has 0 unspecified atom stereocenters. The fourth-order valence-electron chi connectivity index (χ4n) is 3.71. The quantitative estimate of drug-likeness (QED) is 0.364. The zero-order chi connectivity index (χ0) is 22.9. The van der Waals surface area contributed by atoms with E-state index in [0.29, 0.717) is 38.1 Å². The van der Waals surface area contributed by atoms with E-state index in [0.717, 1.165) is 11.1 Å². The van der Waals surface area contributed by atoms with Crippen molar-refractivity contribution in [1.29, 1.82) is 0 Å². The Morgan fingerprint density at radius 2 is 1.76 bits per heavy atom. The molecule has 3 aromatic carbocycles. The van der Waals surface area contributed by atoms with Crippen LogP contribution >= 0.6 is 11.6 Å². The third-order valence-electron chi connectivity index (χ3n) is 5.31. The molecule has 33 heavy (non-hydrogen) atoms. The molecule has 1 N–H and O–H groups in total. The van der Waals surface area contributed by atoms with Crippen LogP contribution in [0, 0.1) is 6.92 Å². The van der Waals surface area contributed by atoms with E-state index in [-0.39, 0.29) is 18.0 Å². The standard InChI is InChI=1S/C26H18ClN3O3/c1-15-7-10-21-19(11-15)20(13-22(28-21)16-5-3-2-4-6-16)26(32)33-14-24-29-23-12-17(27)8-9-18(23)25(31)30-24/h2-13H,14H2,1H3,(H,29,30,31). The van der Waals surface area contributed by atoms with Crippen LogP contribution in [0.15, 0.2) is 77.6 Å². The van der Waals surface area contributed by atoms with Crippen molar-refractivity contribution in [3.05, 3.63) is 105 Å². The van der Waals surface area contributed by atoms with Gasteiger partial charge in [0.2, 0.25) is 0 Å². The van der Waals surface area contributed by atoms with Gasteiger partial charge in [-0.05, 0) is 43.3 Å². The summed E-state index contributed by atoms with van der Waals surface area (Å²) in [6, 6.07) is 22.0. The number of aryl methyl sites for hydroxylation is 1. The number of esters is 1. The predicted octanol–water partition coefficient (Wildman–Crippen LogP) is 5.46. The number of nitrogens with zero attached hydrogens (tertiary/aromatic N) is 2. The van der Waals surface area contributed by atoms with Crippen LogP contribution < -0.4 is 5.56 Å². The number of pyridine rings is 1. The number of hydrogen-bond donors (Lipinski definition) is 1. The molecule has 5 aromatic rings. The first-order chi connectivity index (χ1) is 16.0. The van der Waals surface area contributed by atoms with Gasteiger partial charge in [0.25, 0.3) is 5.56 Å². The minimum Gasteiger partial charge on any atom is -0.454 e. The largest absolute Gasteiger partial charge is 0.454 e. The molecule has 0 saturated carbocycles. The molecule has 162 valence electrons. The molecule has 2 aromatic heterocycles. The highest BCUT2D eigenvalue weighted by molar-refractivity contribution is 6.31. The van der Waals surface area contributed by atoms with Gasteiger partial charge in [-0.2, -0.15) is 0 Å². The van der Waals surface area contributed by atoms with Crippen LogP contribution in [0.2, 0.25) is 5.02 Å². The average Bonchev–Trinajstić information content (AvgIpc) is 2.82. The molecule has 0 radical (unpaired) electrons. The lowest BCUT2D eigenvalue weighted by molar-refractivity contribution is 0.0464. The van der Waals surface area contributed by atoms with Crippen LogP contribution in [0.25, 0.3) is 33.1 Å². The Labute approximate surface area is 193 Å². The van der Waals surface area contributed by atoms with Gasteiger partial charge >= 0.3 is 5.97 Å². The molecule has 0 fully saturated rings. The number of hydrogen-bond acceptors (Lipinski definition) is 5. The Morgan fingerprint density at radius 1 is 0.939 bits per heavy atom. The van der Waals surface area contributed by atoms with Gasteiger partial charge in [-0.15, -0.1) is 0 Å². The fourth-order valence-corrected chi connectivity index (χ4v) is 3.87. The number of nitrogens with one attached hydrogen (secondary N) is 1. The van der Waals surface area contributed by atoms with Crippen molar-refractivity contribution in [2.24, 2.45) is 0 Å². The Kier molecular flexibility index (Phi) is 5.36. The van der Waals surface area contributed by atoms with Crippen molar-refractivity contribution in [2.75, 3.05) is 0 Å². The van der Waals surface area contributed by atoms with Crippen molar-refractivity contribution in [2.45, 2.75) is 13.5 Å². The maximum Gasteiger partial charge on any atom is 0.339 e. The number of aromatic amines is 1. The van der Waals surface area contributed by atoms with Crippen molar-refractivity contribution >= 4 is 39.4 Å². The third kappa shape index (κ3) is 4.21. The lowest BCUT2D eigenvalue weighted by Crippen LogP contribution is -2.15. The number of carbonyl (C=O) groups is 1. The van der Waals surface area contributed by atoms with E-state index < -0.39 is 5.97 Å². The van der Waals surface area contributed by atoms with Gasteiger partial charge in [0, 0.05) is 16.0 Å². The minimum atomic E-state index is -0.529. The Bertz CT molecular complexity index is 1580. The van der Waals surface area contributed by atoms with Gasteiger partial charge in [0.05, 0.1) is 27.7 Å². The molecule has 0 amide bonds. The van der Waals surface area contributed by atoms with Crippen LogP contribution in [-0.4, -0.2) is 20.9 Å². The summed E-state index contributed by atoms with van der Waals surface area (Å²) in [6.45, 7) is 1.77. The van der Waals surface area contributed by atoms with Crippen LogP contribution in [0.5, 0.6) is 0 Å². The molecule has 0 atom stereocenters. The number of fused-ring (bicyclic) bond motifs is 2. The summed E-state index contributed by atoms with van der Waals surface area (Å²) in [5.74, 6) is -0.292. The number of halogens is 1. The second-order valence-corrected chi connectivity index (χ2v) is 8.13. The molecule has 5 rings (SSSR count). The number of carbonyl (C=O) groups excluding carboxylic acids is 1. The Hall–Kier alpha value is -4.03. The zero-order valence-corrected chi connectivity index (χ0v) is 18.4. The highest BCUT2D eigenvalue weighted by Gasteiger charge is 2.16. The molecule has 2 heterocycles. The predicted molar refractivity (Wildman–Crippen MR) is 128 cm³/mol. The summed E-state index contributed by atoms with van der Waals surface area (Å²) in [7, 11) is 0. The van der Waals surface area contributed by atoms with E-state index in [1.807, 2.05) is 55.5 Å². The molecule has 0 aliphatic rings. The molecule has 7 heteroatoms. The first-order valence-corrected chi connectivity index (χ1v) is 10.7. The number of aromatic nitrogens is 3. The average molecular weight is 456 g/mol. The lowest BCUT2D eigenvalue weighted by atomic mass is 10.0. The van der Waals surface area contributed by atoms with Crippen molar-refractivity contribution in [3.63, 3.8) is 0 Å². The van der Waals surface area contributed by atoms with E-state index in [2.05, 4.69) is 9.97 Å². The molecule has 0 bridgehead atoms. The minimum absolute atomic E-state index is 0.188. The van der Waals surface area contributed by atoms with Gasteiger partial charge < -0.3 is 9.72 Å². The van der Waals surface area contributed by atoms with E-state index in [1.165, 1.54) is 0 Å². The summed E-state index contributed by atoms with van der Waals surface area (Å²) in [5.41, 5.74) is 3.78. The zero-order valence-electron chi connectivity index (χ0n) is 17.6. The summed E-state index contributed by atoms with van der Waals surface area (Å²) < 4.78 is 5.55. The smallest absolute Gasteiger partial charge is 0.339 e. The molecule has 0 saturated heterocycles. The maximum absolute atomic E-state index is 13.1. The number of benzene rings is 3. The summed E-state index contributed by atoms with van der Waals surface area (Å²) in [6.07, 6.45) is 0. The van der Waals surface area contributed by atoms with Crippen LogP contribution in [0.3, 0.4) is 0 Å². The van der Waals surface area contributed by atoms with E-state index in [1.54, 1.807) is 24.3 Å². The van der Waals surface area contributed by atoms with E-state index in [9.17, 15) is 9.59 Å². The summed E-state index contributed by atoms with van der Waals surface area (Å²) >= 11 is 6.02. The summed E-state index contributed by atoms with van der Waals surface area (Å²) in [4.78, 5) is 37.2. The topological polar surface area (TPSA) is 84.9 Å². The van der Waals surface area contributed by atoms with Crippen LogP contribution in [0.1, 0.15) is 21.7 Å². The van der Waals surface area contributed by atoms with Gasteiger partial charge in [0.1, 0.15) is 12.4 Å². The Morgan fingerprint density at radius 3 is 2.58 bits per heavy atom. The normalized spacial score (nSPS) is 11.1. The Balaban J connectivity index is 1.51. The maximum atomic E-state index is 13.1. The van der Waals surface area contributed by atoms with Gasteiger partial charge in [-0.25, -0.2) is 14.8 Å². The molecule has 0 aliphatic carbocycles. The highest BCUT2D eigenvalue weighted by atomic mass is 35.5. The fraction of sp³-hybridized carbons (Fsp3) is 0.0769. The van der Waals surface area contributed by atoms with E-state index >= 15 is 0 Å². The highest BCUT2D eigenvalue weighted by Crippen LogP contribution is 2.26. The molecular weight excluding hydrogens is 438 g/mol. The lowest BCUT2D eigenvalue weighted by Gasteiger charge is -2.11. The van der Waals surface area contributed by atoms with Crippen molar-refractivity contribution in [3.8, 4) is 11.3 Å². The first-order valence-electron chi connectivity index (χ1n) is 10.3. The second-order valence-electron chi connectivity index (χ2n) is 7.69. The monoisotopic (exact) mass is 455 g/mol. The van der Waals surface area contributed by atoms with Gasteiger partial charge in [-0.1, -0.05) is 53.6 Å². The SMILES string of the molecule is Cc1ccc2nc(-c3ccccc3)cc(C(=O)OCc3nc4cc(Cl)ccc4c(=O)[nH]3)c2c1. The molecule has 0 aliphatic heterocycles. The van der Waals surface area contributed by atoms with Crippen molar-refractivity contribution in [1.82, 2.24) is 15.0 Å². The van der Waals surface area contributed by atoms with Crippen LogP contribution in [0.4, 0.5) is 0 Å². The summed E-state index contributed by atoms with van der Waals surface area (Å²) in [5, 5.41) is 1.58. The molecule has 6 nitrogen and oxygen atoms in total. The number of ether oxygens (including phenoxy) is 1. The van der Waals surface area contributed by atoms with Crippen molar-refractivity contribution < 1.29 is 9.53 Å². The number of rotatable bonds is 4. The van der Waals surface area contributed by atoms with Crippen LogP contribution in [-0.2, 0) is 11.3 Å².